The molecule has 0 saturated heterocycles. The molecule has 0 unspecified atom stereocenters. The number of ether oxygens (including phenoxy) is 2. The Labute approximate surface area is 171 Å². The quantitative estimate of drug-likeness (QED) is 0.129. The first-order valence-electron chi connectivity index (χ1n) is 9.70. The van der Waals surface area contributed by atoms with Crippen LogP contribution in [0.1, 0.15) is 52.4 Å². The van der Waals surface area contributed by atoms with Crippen molar-refractivity contribution in [1.29, 1.82) is 0 Å². The highest BCUT2D eigenvalue weighted by Crippen LogP contribution is 2.40. The minimum Gasteiger partial charge on any atom is -0.469 e. The molecule has 0 N–H and O–H groups in total. The summed E-state index contributed by atoms with van der Waals surface area (Å²) in [5, 5.41) is 4.01. The van der Waals surface area contributed by atoms with Crippen LogP contribution in [0, 0.1) is 17.3 Å². The molecule has 0 aliphatic heterocycles. The first kappa shape index (κ1) is 24.5. The number of esters is 2. The molecular weight excluding hydrogens is 378 g/mol. The van der Waals surface area contributed by atoms with Gasteiger partial charge in [-0.1, -0.05) is 38.1 Å². The lowest BCUT2D eigenvalue weighted by Crippen LogP contribution is -2.52. The number of rotatable bonds is 11. The number of carbonyl (C=O) groups is 4. The zero-order chi connectivity index (χ0) is 22.0. The molecule has 162 valence electrons. The van der Waals surface area contributed by atoms with Crippen LogP contribution in [0.15, 0.2) is 17.8 Å². The molecule has 1 saturated carbocycles. The minimum absolute atomic E-state index is 0.0615. The van der Waals surface area contributed by atoms with Crippen molar-refractivity contribution in [2.24, 2.45) is 22.4 Å². The first-order chi connectivity index (χ1) is 13.7. The van der Waals surface area contributed by atoms with Crippen molar-refractivity contribution in [2.45, 2.75) is 52.4 Å². The molecule has 0 aromatic heterocycles. The summed E-state index contributed by atoms with van der Waals surface area (Å²) >= 11 is 0. The molecule has 8 nitrogen and oxygen atoms in total. The van der Waals surface area contributed by atoms with Gasteiger partial charge in [0.05, 0.1) is 19.9 Å². The van der Waals surface area contributed by atoms with Crippen molar-refractivity contribution in [3.05, 3.63) is 12.7 Å². The van der Waals surface area contributed by atoms with E-state index in [0.29, 0.717) is 37.8 Å². The summed E-state index contributed by atoms with van der Waals surface area (Å²) in [6.45, 7) is 7.09. The van der Waals surface area contributed by atoms with E-state index in [-0.39, 0.29) is 24.8 Å². The second-order valence-electron chi connectivity index (χ2n) is 7.73. The van der Waals surface area contributed by atoms with E-state index in [1.54, 1.807) is 13.8 Å². The monoisotopic (exact) mass is 409 g/mol. The van der Waals surface area contributed by atoms with E-state index in [1.165, 1.54) is 20.3 Å². The predicted molar refractivity (Wildman–Crippen MR) is 106 cm³/mol. The number of carbonyl (C=O) groups excluding carboxylic acids is 4. The number of unbranched alkanes of at least 4 members (excludes halogenated alkanes) is 2. The van der Waals surface area contributed by atoms with Gasteiger partial charge in [0.15, 0.2) is 5.78 Å². The Morgan fingerprint density at radius 2 is 1.79 bits per heavy atom. The van der Waals surface area contributed by atoms with Gasteiger partial charge in [-0.2, -0.15) is 0 Å². The van der Waals surface area contributed by atoms with Gasteiger partial charge in [0.2, 0.25) is 0 Å². The SMILES string of the molecule is C=CCO/N=C(/CCCCCC(=O)OC)[C@H]1C(=O)CC(C)(C)[C@H](C(=O)OC)C1=O. The van der Waals surface area contributed by atoms with E-state index in [9.17, 15) is 19.2 Å². The standard InChI is InChI=1S/C21H31NO7/c1-6-12-29-22-14(10-8-7-9-11-16(24)27-4)17-15(23)13-21(2,3)18(19(17)25)20(26)28-5/h6,17-18H,1,7-13H2,2-5H3/b22-14-/t17-,18-/m0/s1. The van der Waals surface area contributed by atoms with Crippen LogP contribution in [0.4, 0.5) is 0 Å². The third kappa shape index (κ3) is 6.80. The number of Topliss-reactive ketones (excluding diaryl/α,β-unsaturated/α-hetero) is 2. The van der Waals surface area contributed by atoms with Gasteiger partial charge in [0, 0.05) is 12.8 Å². The highest BCUT2D eigenvalue weighted by Gasteiger charge is 2.53. The normalized spacial score (nSPS) is 21.4. The van der Waals surface area contributed by atoms with Crippen molar-refractivity contribution < 1.29 is 33.5 Å². The van der Waals surface area contributed by atoms with Gasteiger partial charge >= 0.3 is 11.9 Å². The number of hydrogen-bond acceptors (Lipinski definition) is 8. The van der Waals surface area contributed by atoms with Crippen molar-refractivity contribution >= 4 is 29.2 Å². The summed E-state index contributed by atoms with van der Waals surface area (Å²) in [4.78, 5) is 54.5. The second-order valence-corrected chi connectivity index (χ2v) is 7.73. The molecule has 2 atom stereocenters. The summed E-state index contributed by atoms with van der Waals surface area (Å²) in [7, 11) is 2.56. The minimum atomic E-state index is -1.13. The fourth-order valence-corrected chi connectivity index (χ4v) is 3.54. The predicted octanol–water partition coefficient (Wildman–Crippen LogP) is 2.64. The fourth-order valence-electron chi connectivity index (χ4n) is 3.54. The first-order valence-corrected chi connectivity index (χ1v) is 9.70. The van der Waals surface area contributed by atoms with Gasteiger partial charge < -0.3 is 14.3 Å². The van der Waals surface area contributed by atoms with Crippen LogP contribution < -0.4 is 0 Å². The molecule has 0 amide bonds. The number of oxime groups is 1. The molecule has 1 fully saturated rings. The number of nitrogens with zero attached hydrogens (tertiary/aromatic N) is 1. The molecule has 0 radical (unpaired) electrons. The third-order valence-corrected chi connectivity index (χ3v) is 4.99. The average Bonchev–Trinajstić information content (AvgIpc) is 2.65. The highest BCUT2D eigenvalue weighted by atomic mass is 16.6. The molecule has 1 aliphatic carbocycles. The van der Waals surface area contributed by atoms with Gasteiger partial charge in [-0.15, -0.1) is 0 Å². The van der Waals surface area contributed by atoms with Crippen molar-refractivity contribution in [3.63, 3.8) is 0 Å². The maximum atomic E-state index is 13.1. The summed E-state index contributed by atoms with van der Waals surface area (Å²) in [5.74, 6) is -3.89. The van der Waals surface area contributed by atoms with Crippen LogP contribution in [-0.4, -0.2) is 50.0 Å². The van der Waals surface area contributed by atoms with Crippen LogP contribution in [0.25, 0.3) is 0 Å². The zero-order valence-corrected chi connectivity index (χ0v) is 17.7. The number of methoxy groups -OCH3 is 2. The van der Waals surface area contributed by atoms with E-state index in [4.69, 9.17) is 9.57 Å². The van der Waals surface area contributed by atoms with E-state index < -0.39 is 29.0 Å². The maximum absolute atomic E-state index is 13.1. The average molecular weight is 409 g/mol. The Morgan fingerprint density at radius 1 is 1.14 bits per heavy atom. The lowest BCUT2D eigenvalue weighted by atomic mass is 9.63. The molecule has 0 spiro atoms. The fraction of sp³-hybridized carbons (Fsp3) is 0.667. The topological polar surface area (TPSA) is 108 Å². The molecule has 29 heavy (non-hydrogen) atoms. The summed E-state index contributed by atoms with van der Waals surface area (Å²) in [6, 6.07) is 0. The smallest absolute Gasteiger partial charge is 0.316 e. The Kier molecular flexibility index (Phi) is 9.71. The van der Waals surface area contributed by atoms with Crippen LogP contribution in [0.5, 0.6) is 0 Å². The number of hydrogen-bond donors (Lipinski definition) is 0. The Bertz CT molecular complexity index is 666. The molecule has 0 heterocycles. The van der Waals surface area contributed by atoms with Gasteiger partial charge in [0.25, 0.3) is 0 Å². The van der Waals surface area contributed by atoms with E-state index in [0.717, 1.165) is 0 Å². The second kappa shape index (κ2) is 11.5. The zero-order valence-electron chi connectivity index (χ0n) is 17.7. The molecule has 0 bridgehead atoms. The van der Waals surface area contributed by atoms with Crippen LogP contribution in [-0.2, 0) is 33.5 Å². The van der Waals surface area contributed by atoms with Crippen LogP contribution >= 0.6 is 0 Å². The molecule has 0 aromatic rings. The molecule has 1 rings (SSSR count). The summed E-state index contributed by atoms with van der Waals surface area (Å²) in [5.41, 5.74) is -0.532. The van der Waals surface area contributed by atoms with Crippen LogP contribution in [0.2, 0.25) is 0 Å². The summed E-state index contributed by atoms with van der Waals surface area (Å²) < 4.78 is 9.41. The van der Waals surface area contributed by atoms with Gasteiger partial charge in [-0.3, -0.25) is 19.2 Å². The van der Waals surface area contributed by atoms with Crippen molar-refractivity contribution in [2.75, 3.05) is 20.8 Å². The maximum Gasteiger partial charge on any atom is 0.316 e. The number of ketones is 2. The van der Waals surface area contributed by atoms with Gasteiger partial charge in [-0.05, 0) is 24.7 Å². The Morgan fingerprint density at radius 3 is 2.38 bits per heavy atom. The van der Waals surface area contributed by atoms with Crippen molar-refractivity contribution in [1.82, 2.24) is 0 Å². The molecule has 0 aromatic carbocycles. The molecular formula is C21H31NO7. The van der Waals surface area contributed by atoms with Crippen LogP contribution in [0.3, 0.4) is 0 Å². The Hall–Kier alpha value is -2.51. The van der Waals surface area contributed by atoms with Gasteiger partial charge in [-0.25, -0.2) is 0 Å². The van der Waals surface area contributed by atoms with Gasteiger partial charge in [0.1, 0.15) is 24.2 Å². The molecule has 1 aliphatic rings. The van der Waals surface area contributed by atoms with Crippen molar-refractivity contribution in [3.8, 4) is 0 Å². The van der Waals surface area contributed by atoms with E-state index in [1.807, 2.05) is 0 Å². The lowest BCUT2D eigenvalue weighted by Gasteiger charge is -2.38. The summed E-state index contributed by atoms with van der Waals surface area (Å²) in [6.07, 6.45) is 4.13. The molecule has 8 heteroatoms. The Balaban J connectivity index is 2.97. The van der Waals surface area contributed by atoms with E-state index in [2.05, 4.69) is 16.5 Å². The largest absolute Gasteiger partial charge is 0.469 e. The lowest BCUT2D eigenvalue weighted by molar-refractivity contribution is -0.159. The highest BCUT2D eigenvalue weighted by molar-refractivity contribution is 6.26. The third-order valence-electron chi connectivity index (χ3n) is 4.99. The van der Waals surface area contributed by atoms with E-state index >= 15 is 0 Å².